The molecule has 2 heteroatoms. The lowest BCUT2D eigenvalue weighted by Gasteiger charge is -2.04. The molecule has 0 radical (unpaired) electrons. The van der Waals surface area contributed by atoms with E-state index in [-0.39, 0.29) is 6.10 Å². The molecule has 1 saturated carbocycles. The van der Waals surface area contributed by atoms with Crippen LogP contribution in [0.25, 0.3) is 0 Å². The van der Waals surface area contributed by atoms with Crippen LogP contribution in [0.3, 0.4) is 0 Å². The second-order valence-electron chi connectivity index (χ2n) is 3.77. The van der Waals surface area contributed by atoms with Crippen LogP contribution in [0.1, 0.15) is 24.8 Å². The number of rotatable bonds is 2. The van der Waals surface area contributed by atoms with E-state index in [1.54, 1.807) is 0 Å². The molecule has 1 aliphatic rings. The molecule has 0 heterocycles. The van der Waals surface area contributed by atoms with Gasteiger partial charge in [-0.15, -0.1) is 0 Å². The van der Waals surface area contributed by atoms with E-state index in [0.717, 1.165) is 6.42 Å². The van der Waals surface area contributed by atoms with Crippen molar-refractivity contribution in [3.05, 3.63) is 34.3 Å². The lowest BCUT2D eigenvalue weighted by Crippen LogP contribution is -2.03. The van der Waals surface area contributed by atoms with Gasteiger partial charge in [0.1, 0.15) is 0 Å². The Labute approximate surface area is 86.9 Å². The summed E-state index contributed by atoms with van der Waals surface area (Å²) < 4.78 is 1.17. The molecule has 0 spiro atoms. The topological polar surface area (TPSA) is 20.2 Å². The largest absolute Gasteiger partial charge is 0.393 e. The Hall–Kier alpha value is -0.340. The molecule has 0 aliphatic heterocycles. The Kier molecular flexibility index (Phi) is 2.43. The normalized spacial score (nSPS) is 28.5. The molecule has 13 heavy (non-hydrogen) atoms. The first-order valence-corrected chi connectivity index (χ1v) is 5.42. The van der Waals surface area contributed by atoms with Gasteiger partial charge >= 0.3 is 0 Å². The molecular formula is C11H13BrO. The molecule has 3 unspecified atom stereocenters. The van der Waals surface area contributed by atoms with Crippen molar-refractivity contribution in [1.29, 1.82) is 0 Å². The van der Waals surface area contributed by atoms with Gasteiger partial charge in [-0.2, -0.15) is 0 Å². The number of aliphatic hydroxyl groups excluding tert-OH is 1. The number of aliphatic hydroxyl groups is 1. The fraction of sp³-hybridized carbons (Fsp3) is 0.455. The highest BCUT2D eigenvalue weighted by atomic mass is 79.9. The molecule has 1 nitrogen and oxygen atoms in total. The third kappa shape index (κ3) is 1.79. The quantitative estimate of drug-likeness (QED) is 0.843. The summed E-state index contributed by atoms with van der Waals surface area (Å²) in [6, 6.07) is 8.27. The summed E-state index contributed by atoms with van der Waals surface area (Å²) >= 11 is 3.53. The highest BCUT2D eigenvalue weighted by Crippen LogP contribution is 2.51. The number of benzene rings is 1. The summed E-state index contributed by atoms with van der Waals surface area (Å²) in [6.07, 6.45) is 0.956. The zero-order valence-electron chi connectivity index (χ0n) is 7.57. The first-order chi connectivity index (χ1) is 6.20. The van der Waals surface area contributed by atoms with Crippen molar-refractivity contribution in [2.45, 2.75) is 25.4 Å². The smallest absolute Gasteiger partial charge is 0.0546 e. The predicted octanol–water partition coefficient (Wildman–Crippen LogP) is 2.93. The van der Waals surface area contributed by atoms with Crippen molar-refractivity contribution < 1.29 is 5.11 Å². The minimum absolute atomic E-state index is 0.169. The summed E-state index contributed by atoms with van der Waals surface area (Å²) in [4.78, 5) is 0. The van der Waals surface area contributed by atoms with E-state index in [0.29, 0.717) is 11.8 Å². The Morgan fingerprint density at radius 2 is 2.15 bits per heavy atom. The van der Waals surface area contributed by atoms with E-state index in [1.165, 1.54) is 10.0 Å². The van der Waals surface area contributed by atoms with Crippen LogP contribution in [0, 0.1) is 5.92 Å². The molecule has 1 aromatic rings. The van der Waals surface area contributed by atoms with E-state index in [4.69, 9.17) is 0 Å². The zero-order valence-corrected chi connectivity index (χ0v) is 9.16. The molecule has 3 atom stereocenters. The number of halogens is 1. The van der Waals surface area contributed by atoms with E-state index in [9.17, 15) is 5.11 Å². The second-order valence-corrected chi connectivity index (χ2v) is 4.62. The molecule has 0 saturated heterocycles. The molecule has 1 fully saturated rings. The van der Waals surface area contributed by atoms with Crippen molar-refractivity contribution in [2.75, 3.05) is 0 Å². The average molecular weight is 241 g/mol. The number of hydrogen-bond acceptors (Lipinski definition) is 1. The van der Waals surface area contributed by atoms with Crippen LogP contribution in [0.2, 0.25) is 0 Å². The van der Waals surface area contributed by atoms with Gasteiger partial charge in [-0.3, -0.25) is 0 Å². The summed E-state index contributed by atoms with van der Waals surface area (Å²) in [5, 5.41) is 9.40. The highest BCUT2D eigenvalue weighted by molar-refractivity contribution is 9.10. The van der Waals surface area contributed by atoms with Crippen LogP contribution in [-0.2, 0) is 0 Å². The highest BCUT2D eigenvalue weighted by Gasteiger charge is 2.42. The van der Waals surface area contributed by atoms with Gasteiger partial charge in [0.25, 0.3) is 0 Å². The van der Waals surface area contributed by atoms with Crippen molar-refractivity contribution >= 4 is 15.9 Å². The van der Waals surface area contributed by atoms with Gasteiger partial charge in [-0.05, 0) is 36.8 Å². The minimum Gasteiger partial charge on any atom is -0.393 e. The maximum absolute atomic E-state index is 9.40. The zero-order chi connectivity index (χ0) is 9.42. The standard InChI is InChI=1S/C11H13BrO/c1-7(13)9-6-10(9)8-4-2-3-5-11(8)12/h2-5,7,9-10,13H,6H2,1H3. The van der Waals surface area contributed by atoms with Crippen LogP contribution < -0.4 is 0 Å². The van der Waals surface area contributed by atoms with Crippen LogP contribution in [0.5, 0.6) is 0 Å². The van der Waals surface area contributed by atoms with Crippen LogP contribution in [-0.4, -0.2) is 11.2 Å². The fourth-order valence-corrected chi connectivity index (χ4v) is 2.46. The molecule has 1 aromatic carbocycles. The summed E-state index contributed by atoms with van der Waals surface area (Å²) in [5.74, 6) is 1.04. The van der Waals surface area contributed by atoms with Crippen molar-refractivity contribution in [3.63, 3.8) is 0 Å². The van der Waals surface area contributed by atoms with Gasteiger partial charge in [-0.25, -0.2) is 0 Å². The Morgan fingerprint density at radius 3 is 2.69 bits per heavy atom. The molecule has 0 amide bonds. The average Bonchev–Trinajstić information content (AvgIpc) is 2.84. The predicted molar refractivity (Wildman–Crippen MR) is 56.7 cm³/mol. The Bertz CT molecular complexity index is 309. The van der Waals surface area contributed by atoms with Gasteiger partial charge in [0.15, 0.2) is 0 Å². The third-order valence-electron chi connectivity index (χ3n) is 2.76. The molecule has 0 bridgehead atoms. The van der Waals surface area contributed by atoms with E-state index in [1.807, 2.05) is 13.0 Å². The monoisotopic (exact) mass is 240 g/mol. The summed E-state index contributed by atoms with van der Waals surface area (Å²) in [5.41, 5.74) is 1.34. The molecule has 70 valence electrons. The van der Waals surface area contributed by atoms with Gasteiger partial charge in [0.05, 0.1) is 6.10 Å². The van der Waals surface area contributed by atoms with Crippen LogP contribution in [0.15, 0.2) is 28.7 Å². The maximum Gasteiger partial charge on any atom is 0.0546 e. The van der Waals surface area contributed by atoms with Crippen molar-refractivity contribution in [1.82, 2.24) is 0 Å². The second kappa shape index (κ2) is 3.43. The Balaban J connectivity index is 2.16. The molecule has 1 aliphatic carbocycles. The lowest BCUT2D eigenvalue weighted by molar-refractivity contribution is 0.169. The molecule has 2 rings (SSSR count). The summed E-state index contributed by atoms with van der Waals surface area (Å²) in [6.45, 7) is 1.88. The lowest BCUT2D eigenvalue weighted by atomic mass is 10.1. The van der Waals surface area contributed by atoms with Crippen molar-refractivity contribution in [2.24, 2.45) is 5.92 Å². The first kappa shape index (κ1) is 9.22. The summed E-state index contributed by atoms with van der Waals surface area (Å²) in [7, 11) is 0. The Morgan fingerprint density at radius 1 is 1.46 bits per heavy atom. The molecule has 0 aromatic heterocycles. The fourth-order valence-electron chi connectivity index (χ4n) is 1.88. The van der Waals surface area contributed by atoms with Crippen LogP contribution >= 0.6 is 15.9 Å². The van der Waals surface area contributed by atoms with E-state index in [2.05, 4.69) is 34.1 Å². The van der Waals surface area contributed by atoms with Gasteiger partial charge in [0, 0.05) is 4.47 Å². The number of hydrogen-bond donors (Lipinski definition) is 1. The first-order valence-electron chi connectivity index (χ1n) is 4.62. The van der Waals surface area contributed by atoms with Crippen LogP contribution in [0.4, 0.5) is 0 Å². The minimum atomic E-state index is -0.169. The molecule has 1 N–H and O–H groups in total. The molecular weight excluding hydrogens is 228 g/mol. The van der Waals surface area contributed by atoms with E-state index >= 15 is 0 Å². The van der Waals surface area contributed by atoms with Gasteiger partial charge < -0.3 is 5.11 Å². The third-order valence-corrected chi connectivity index (χ3v) is 3.49. The maximum atomic E-state index is 9.40. The van der Waals surface area contributed by atoms with E-state index < -0.39 is 0 Å². The SMILES string of the molecule is CC(O)C1CC1c1ccccc1Br. The van der Waals surface area contributed by atoms with Gasteiger partial charge in [0.2, 0.25) is 0 Å². The van der Waals surface area contributed by atoms with Gasteiger partial charge in [-0.1, -0.05) is 34.1 Å². The van der Waals surface area contributed by atoms with Crippen molar-refractivity contribution in [3.8, 4) is 0 Å².